The topological polar surface area (TPSA) is 60.5 Å². The van der Waals surface area contributed by atoms with Gasteiger partial charge in [0.25, 0.3) is 5.89 Å². The van der Waals surface area contributed by atoms with Crippen molar-refractivity contribution in [3.05, 3.63) is 57.9 Å². The maximum absolute atomic E-state index is 12.1. The van der Waals surface area contributed by atoms with E-state index in [-0.39, 0.29) is 6.04 Å². The van der Waals surface area contributed by atoms with E-state index in [2.05, 4.69) is 22.1 Å². The second-order valence-electron chi connectivity index (χ2n) is 6.03. The van der Waals surface area contributed by atoms with Crippen molar-refractivity contribution in [1.29, 1.82) is 0 Å². The Morgan fingerprint density at radius 1 is 1.32 bits per heavy atom. The first kappa shape index (κ1) is 16.1. The summed E-state index contributed by atoms with van der Waals surface area (Å²) in [5.41, 5.74) is 1.23. The van der Waals surface area contributed by atoms with Gasteiger partial charge in [0.05, 0.1) is 12.0 Å². The number of benzene rings is 1. The van der Waals surface area contributed by atoms with Gasteiger partial charge in [0, 0.05) is 12.6 Å². The van der Waals surface area contributed by atoms with E-state index >= 15 is 0 Å². The van der Waals surface area contributed by atoms with Gasteiger partial charge in [-0.3, -0.25) is 4.90 Å². The van der Waals surface area contributed by atoms with Crippen LogP contribution >= 0.6 is 11.3 Å². The van der Waals surface area contributed by atoms with Crippen LogP contribution in [0.15, 0.2) is 51.0 Å². The molecule has 1 aliphatic rings. The van der Waals surface area contributed by atoms with Gasteiger partial charge < -0.3 is 9.15 Å². The molecule has 1 aliphatic heterocycles. The molecule has 0 N–H and O–H groups in total. The van der Waals surface area contributed by atoms with Crippen molar-refractivity contribution in [3.8, 4) is 16.5 Å². The third kappa shape index (κ3) is 3.25. The third-order valence-corrected chi connectivity index (χ3v) is 5.38. The van der Waals surface area contributed by atoms with Gasteiger partial charge in [-0.1, -0.05) is 18.2 Å². The molecule has 0 spiro atoms. The first-order valence-electron chi connectivity index (χ1n) is 8.24. The number of thiophene rings is 1. The molecule has 0 saturated carbocycles. The van der Waals surface area contributed by atoms with Crippen LogP contribution in [0.25, 0.3) is 10.8 Å². The summed E-state index contributed by atoms with van der Waals surface area (Å²) in [5, 5.41) is 6.30. The first-order valence-corrected chi connectivity index (χ1v) is 9.12. The third-order valence-electron chi connectivity index (χ3n) is 4.52. The Hall–Kier alpha value is -2.38. The lowest BCUT2D eigenvalue weighted by molar-refractivity contribution is 0.185. The minimum absolute atomic E-state index is 0.277. The molecule has 0 aliphatic carbocycles. The Balaban J connectivity index is 1.54. The van der Waals surface area contributed by atoms with Crippen LogP contribution in [0.3, 0.4) is 0 Å². The standard InChI is InChI=1S/C18H19N3O3S/c1-23-14-8-6-13(7-9-14)15-4-2-10-20(15)12-21-18(22)24-17(19-21)16-5-3-11-25-16/h3,5-9,11,15H,2,4,10,12H2,1H3. The quantitative estimate of drug-likeness (QED) is 0.701. The van der Waals surface area contributed by atoms with E-state index in [9.17, 15) is 4.79 Å². The molecule has 1 saturated heterocycles. The Kier molecular flexibility index (Phi) is 4.42. The lowest BCUT2D eigenvalue weighted by Gasteiger charge is -2.24. The highest BCUT2D eigenvalue weighted by Gasteiger charge is 2.27. The van der Waals surface area contributed by atoms with Crippen molar-refractivity contribution >= 4 is 11.3 Å². The SMILES string of the molecule is COc1ccc(C2CCCN2Cn2nc(-c3cccs3)oc2=O)cc1. The molecular formula is C18H19N3O3S. The summed E-state index contributed by atoms with van der Waals surface area (Å²) >= 11 is 1.51. The van der Waals surface area contributed by atoms with Crippen molar-refractivity contribution in [1.82, 2.24) is 14.7 Å². The number of rotatable bonds is 5. The van der Waals surface area contributed by atoms with Gasteiger partial charge in [-0.05, 0) is 42.0 Å². The van der Waals surface area contributed by atoms with Crippen LogP contribution in [-0.2, 0) is 6.67 Å². The number of hydrogen-bond donors (Lipinski definition) is 0. The fraction of sp³-hybridized carbons (Fsp3) is 0.333. The summed E-state index contributed by atoms with van der Waals surface area (Å²) in [5.74, 6) is 0.825. The average molecular weight is 357 g/mol. The first-order chi connectivity index (χ1) is 12.2. The smallest absolute Gasteiger partial charge is 0.438 e. The fourth-order valence-electron chi connectivity index (χ4n) is 3.27. The Morgan fingerprint density at radius 3 is 2.88 bits per heavy atom. The van der Waals surface area contributed by atoms with E-state index in [0.29, 0.717) is 12.6 Å². The summed E-state index contributed by atoms with van der Waals surface area (Å²) in [6.45, 7) is 1.37. The van der Waals surface area contributed by atoms with Crippen LogP contribution in [0.4, 0.5) is 0 Å². The molecule has 1 aromatic carbocycles. The molecule has 1 unspecified atom stereocenters. The van der Waals surface area contributed by atoms with E-state index in [1.807, 2.05) is 29.6 Å². The number of hydrogen-bond acceptors (Lipinski definition) is 6. The summed E-state index contributed by atoms with van der Waals surface area (Å²) < 4.78 is 11.9. The zero-order valence-electron chi connectivity index (χ0n) is 13.9. The van der Waals surface area contributed by atoms with Crippen molar-refractivity contribution in [2.45, 2.75) is 25.6 Å². The number of ether oxygens (including phenoxy) is 1. The van der Waals surface area contributed by atoms with Gasteiger partial charge in [0.15, 0.2) is 0 Å². The molecule has 0 bridgehead atoms. The molecule has 130 valence electrons. The van der Waals surface area contributed by atoms with Gasteiger partial charge in [0.2, 0.25) is 0 Å². The van der Waals surface area contributed by atoms with E-state index in [4.69, 9.17) is 9.15 Å². The van der Waals surface area contributed by atoms with Gasteiger partial charge in [0.1, 0.15) is 12.4 Å². The fourth-order valence-corrected chi connectivity index (χ4v) is 3.91. The zero-order valence-corrected chi connectivity index (χ0v) is 14.7. The molecule has 25 heavy (non-hydrogen) atoms. The van der Waals surface area contributed by atoms with Crippen molar-refractivity contribution < 1.29 is 9.15 Å². The number of likely N-dealkylation sites (tertiary alicyclic amines) is 1. The Labute approximate surface area is 149 Å². The monoisotopic (exact) mass is 357 g/mol. The van der Waals surface area contributed by atoms with Crippen LogP contribution in [0.5, 0.6) is 5.75 Å². The Bertz CT molecular complexity index is 883. The molecule has 7 heteroatoms. The molecule has 1 fully saturated rings. The second-order valence-corrected chi connectivity index (χ2v) is 6.98. The van der Waals surface area contributed by atoms with Crippen molar-refractivity contribution in [2.24, 2.45) is 0 Å². The van der Waals surface area contributed by atoms with Crippen LogP contribution < -0.4 is 10.5 Å². The highest BCUT2D eigenvalue weighted by Crippen LogP contribution is 2.33. The number of aromatic nitrogens is 2. The number of nitrogens with zero attached hydrogens (tertiary/aromatic N) is 3. The van der Waals surface area contributed by atoms with Gasteiger partial charge in [-0.2, -0.15) is 4.68 Å². The summed E-state index contributed by atoms with van der Waals surface area (Å²) in [7, 11) is 1.67. The molecule has 3 heterocycles. The minimum atomic E-state index is -0.413. The molecule has 2 aromatic heterocycles. The molecule has 0 radical (unpaired) electrons. The molecule has 6 nitrogen and oxygen atoms in total. The molecule has 4 rings (SSSR count). The summed E-state index contributed by atoms with van der Waals surface area (Å²) in [4.78, 5) is 15.3. The zero-order chi connectivity index (χ0) is 17.2. The van der Waals surface area contributed by atoms with Crippen LogP contribution in [-0.4, -0.2) is 28.3 Å². The highest BCUT2D eigenvalue weighted by molar-refractivity contribution is 7.13. The highest BCUT2D eigenvalue weighted by atomic mass is 32.1. The normalized spacial score (nSPS) is 17.9. The number of methoxy groups -OCH3 is 1. The van der Waals surface area contributed by atoms with Crippen LogP contribution in [0.2, 0.25) is 0 Å². The Morgan fingerprint density at radius 2 is 2.16 bits per heavy atom. The van der Waals surface area contributed by atoms with E-state index < -0.39 is 5.76 Å². The van der Waals surface area contributed by atoms with Crippen molar-refractivity contribution in [2.75, 3.05) is 13.7 Å². The van der Waals surface area contributed by atoms with Crippen LogP contribution in [0, 0.1) is 0 Å². The lowest BCUT2D eigenvalue weighted by Crippen LogP contribution is -2.31. The predicted octanol–water partition coefficient (Wildman–Crippen LogP) is 3.37. The molecule has 1 atom stereocenters. The molecule has 0 amide bonds. The summed E-state index contributed by atoms with van der Waals surface area (Å²) in [6, 6.07) is 12.2. The van der Waals surface area contributed by atoms with Crippen LogP contribution in [0.1, 0.15) is 24.4 Å². The molecule has 3 aromatic rings. The lowest BCUT2D eigenvalue weighted by atomic mass is 10.0. The average Bonchev–Trinajstić information content (AvgIpc) is 3.37. The largest absolute Gasteiger partial charge is 0.497 e. The minimum Gasteiger partial charge on any atom is -0.497 e. The van der Waals surface area contributed by atoms with E-state index in [1.54, 1.807) is 7.11 Å². The van der Waals surface area contributed by atoms with Gasteiger partial charge in [-0.15, -0.1) is 16.4 Å². The summed E-state index contributed by atoms with van der Waals surface area (Å²) in [6.07, 6.45) is 2.16. The predicted molar refractivity (Wildman–Crippen MR) is 95.8 cm³/mol. The molecular weight excluding hydrogens is 338 g/mol. The van der Waals surface area contributed by atoms with Crippen molar-refractivity contribution in [3.63, 3.8) is 0 Å². The van der Waals surface area contributed by atoms with E-state index in [1.165, 1.54) is 21.6 Å². The maximum atomic E-state index is 12.1. The maximum Gasteiger partial charge on any atom is 0.438 e. The second kappa shape index (κ2) is 6.85. The van der Waals surface area contributed by atoms with Gasteiger partial charge >= 0.3 is 5.76 Å². The van der Waals surface area contributed by atoms with E-state index in [0.717, 1.165) is 30.0 Å². The van der Waals surface area contributed by atoms with Gasteiger partial charge in [-0.25, -0.2) is 4.79 Å².